The highest BCUT2D eigenvalue weighted by atomic mass is 32.2. The number of benzene rings is 1. The second-order valence-corrected chi connectivity index (χ2v) is 7.98. The van der Waals surface area contributed by atoms with E-state index in [2.05, 4.69) is 15.6 Å². The van der Waals surface area contributed by atoms with Gasteiger partial charge in [0, 0.05) is 19.1 Å². The second-order valence-electron chi connectivity index (χ2n) is 5.87. The summed E-state index contributed by atoms with van der Waals surface area (Å²) in [5.74, 6) is 0.931. The minimum atomic E-state index is -3.20. The quantitative estimate of drug-likeness (QED) is 0.455. The summed E-state index contributed by atoms with van der Waals surface area (Å²) in [6.07, 6.45) is 5.44. The molecular formula is C17H27N3O2S. The molecule has 1 saturated carbocycles. The van der Waals surface area contributed by atoms with Crippen molar-refractivity contribution in [2.45, 2.75) is 50.0 Å². The molecule has 0 spiro atoms. The molecule has 0 bridgehead atoms. The van der Waals surface area contributed by atoms with Crippen LogP contribution in [0.1, 0.15) is 39.0 Å². The number of aliphatic imine (C=N–C) groups is 1. The lowest BCUT2D eigenvalue weighted by Gasteiger charge is -2.16. The Kier molecular flexibility index (Phi) is 6.89. The molecule has 1 fully saturated rings. The maximum atomic E-state index is 12.2. The van der Waals surface area contributed by atoms with Crippen LogP contribution in [0.5, 0.6) is 0 Å². The molecular weight excluding hydrogens is 310 g/mol. The zero-order chi connectivity index (χ0) is 16.5. The van der Waals surface area contributed by atoms with E-state index in [0.29, 0.717) is 23.9 Å². The zero-order valence-corrected chi connectivity index (χ0v) is 14.6. The smallest absolute Gasteiger partial charge is 0.191 e. The molecule has 23 heavy (non-hydrogen) atoms. The first-order chi connectivity index (χ1) is 11.1. The summed E-state index contributed by atoms with van der Waals surface area (Å²) in [5.41, 5.74) is 0. The van der Waals surface area contributed by atoms with Crippen molar-refractivity contribution in [3.05, 3.63) is 30.3 Å². The van der Waals surface area contributed by atoms with Crippen molar-refractivity contribution < 1.29 is 8.42 Å². The van der Waals surface area contributed by atoms with Crippen LogP contribution in [0.4, 0.5) is 0 Å². The molecule has 5 nitrogen and oxygen atoms in total. The molecule has 6 heteroatoms. The fourth-order valence-corrected chi connectivity index (χ4v) is 4.09. The van der Waals surface area contributed by atoms with Gasteiger partial charge in [-0.1, -0.05) is 31.0 Å². The topological polar surface area (TPSA) is 70.6 Å². The first-order valence-corrected chi connectivity index (χ1v) is 10.1. The predicted molar refractivity (Wildman–Crippen MR) is 94.5 cm³/mol. The highest BCUT2D eigenvalue weighted by Gasteiger charge is 2.16. The van der Waals surface area contributed by atoms with Crippen molar-refractivity contribution in [3.63, 3.8) is 0 Å². The minimum Gasteiger partial charge on any atom is -0.357 e. The molecule has 0 saturated heterocycles. The molecule has 2 N–H and O–H groups in total. The van der Waals surface area contributed by atoms with Gasteiger partial charge in [0.1, 0.15) is 0 Å². The molecule has 0 unspecified atom stereocenters. The lowest BCUT2D eigenvalue weighted by atomic mass is 10.2. The molecule has 0 aliphatic heterocycles. The van der Waals surface area contributed by atoms with Gasteiger partial charge in [-0.15, -0.1) is 0 Å². The Hall–Kier alpha value is -1.56. The third-order valence-electron chi connectivity index (χ3n) is 3.98. The molecule has 0 amide bonds. The van der Waals surface area contributed by atoms with Crippen LogP contribution in [0.2, 0.25) is 0 Å². The SMILES string of the molecule is CCNC(=NCCCS(=O)(=O)c1ccccc1)NC1CCCC1. The van der Waals surface area contributed by atoms with Crippen molar-refractivity contribution in [2.75, 3.05) is 18.8 Å². The Morgan fingerprint density at radius 3 is 2.57 bits per heavy atom. The first-order valence-electron chi connectivity index (χ1n) is 8.44. The summed E-state index contributed by atoms with van der Waals surface area (Å²) < 4.78 is 24.4. The number of hydrogen-bond acceptors (Lipinski definition) is 3. The molecule has 1 aromatic rings. The van der Waals surface area contributed by atoms with Crippen molar-refractivity contribution in [2.24, 2.45) is 4.99 Å². The number of nitrogens with zero attached hydrogens (tertiary/aromatic N) is 1. The van der Waals surface area contributed by atoms with Gasteiger partial charge in [-0.25, -0.2) is 8.42 Å². The molecule has 128 valence electrons. The van der Waals surface area contributed by atoms with Crippen molar-refractivity contribution in [1.29, 1.82) is 0 Å². The zero-order valence-electron chi connectivity index (χ0n) is 13.8. The molecule has 0 aromatic heterocycles. The van der Waals surface area contributed by atoms with E-state index in [1.807, 2.05) is 13.0 Å². The van der Waals surface area contributed by atoms with Gasteiger partial charge in [0.05, 0.1) is 10.6 Å². The van der Waals surface area contributed by atoms with Gasteiger partial charge in [0.25, 0.3) is 0 Å². The number of sulfone groups is 1. The molecule has 1 aliphatic carbocycles. The predicted octanol–water partition coefficient (Wildman–Crippen LogP) is 2.35. The van der Waals surface area contributed by atoms with E-state index in [1.165, 1.54) is 25.7 Å². The number of nitrogens with one attached hydrogen (secondary N) is 2. The molecule has 0 atom stereocenters. The van der Waals surface area contributed by atoms with Crippen molar-refractivity contribution in [3.8, 4) is 0 Å². The average Bonchev–Trinajstić information content (AvgIpc) is 3.05. The van der Waals surface area contributed by atoms with Gasteiger partial charge in [0.15, 0.2) is 15.8 Å². The highest BCUT2D eigenvalue weighted by molar-refractivity contribution is 7.91. The summed E-state index contributed by atoms with van der Waals surface area (Å²) >= 11 is 0. The Labute approximate surface area is 139 Å². The lowest BCUT2D eigenvalue weighted by molar-refractivity contribution is 0.592. The number of hydrogen-bond donors (Lipinski definition) is 2. The third-order valence-corrected chi connectivity index (χ3v) is 5.80. The van der Waals surface area contributed by atoms with Crippen LogP contribution in [0.25, 0.3) is 0 Å². The summed E-state index contributed by atoms with van der Waals surface area (Å²) in [4.78, 5) is 4.89. The highest BCUT2D eigenvalue weighted by Crippen LogP contribution is 2.17. The summed E-state index contributed by atoms with van der Waals surface area (Å²) in [5, 5.41) is 6.66. The molecule has 2 rings (SSSR count). The van der Waals surface area contributed by atoms with E-state index in [4.69, 9.17) is 0 Å². The molecule has 0 heterocycles. The van der Waals surface area contributed by atoms with Gasteiger partial charge in [-0.2, -0.15) is 0 Å². The van der Waals surface area contributed by atoms with E-state index < -0.39 is 9.84 Å². The average molecular weight is 337 g/mol. The van der Waals surface area contributed by atoms with E-state index in [9.17, 15) is 8.42 Å². The molecule has 1 aromatic carbocycles. The van der Waals surface area contributed by atoms with Crippen molar-refractivity contribution >= 4 is 15.8 Å². The minimum absolute atomic E-state index is 0.128. The fourth-order valence-electron chi connectivity index (χ4n) is 2.77. The normalized spacial score (nSPS) is 16.5. The van der Waals surface area contributed by atoms with Crippen LogP contribution in [0.15, 0.2) is 40.2 Å². The Morgan fingerprint density at radius 2 is 1.91 bits per heavy atom. The largest absolute Gasteiger partial charge is 0.357 e. The van der Waals surface area contributed by atoms with E-state index in [-0.39, 0.29) is 5.75 Å². The monoisotopic (exact) mass is 337 g/mol. The van der Waals surface area contributed by atoms with E-state index in [1.54, 1.807) is 24.3 Å². The van der Waals surface area contributed by atoms with Crippen LogP contribution < -0.4 is 10.6 Å². The summed E-state index contributed by atoms with van der Waals surface area (Å²) in [6.45, 7) is 3.35. The fraction of sp³-hybridized carbons (Fsp3) is 0.588. The number of rotatable bonds is 7. The van der Waals surface area contributed by atoms with Crippen molar-refractivity contribution in [1.82, 2.24) is 10.6 Å². The summed E-state index contributed by atoms with van der Waals surface area (Å²) in [6, 6.07) is 9.11. The third kappa shape index (κ3) is 5.86. The lowest BCUT2D eigenvalue weighted by Crippen LogP contribution is -2.42. The molecule has 0 radical (unpaired) electrons. The Bertz CT molecular complexity index is 594. The van der Waals surface area contributed by atoms with Gasteiger partial charge in [-0.3, -0.25) is 4.99 Å². The maximum absolute atomic E-state index is 12.2. The van der Waals surface area contributed by atoms with Crippen LogP contribution in [0.3, 0.4) is 0 Å². The van der Waals surface area contributed by atoms with E-state index in [0.717, 1.165) is 12.5 Å². The molecule has 1 aliphatic rings. The maximum Gasteiger partial charge on any atom is 0.191 e. The Balaban J connectivity index is 1.83. The van der Waals surface area contributed by atoms with Gasteiger partial charge >= 0.3 is 0 Å². The van der Waals surface area contributed by atoms with Crippen LogP contribution in [-0.4, -0.2) is 39.3 Å². The number of guanidine groups is 1. The van der Waals surface area contributed by atoms with Gasteiger partial charge in [0.2, 0.25) is 0 Å². The Morgan fingerprint density at radius 1 is 1.22 bits per heavy atom. The van der Waals surface area contributed by atoms with Crippen LogP contribution in [0, 0.1) is 0 Å². The van der Waals surface area contributed by atoms with E-state index >= 15 is 0 Å². The summed E-state index contributed by atoms with van der Waals surface area (Å²) in [7, 11) is -3.20. The first kappa shape index (κ1) is 17.8. The van der Waals surface area contributed by atoms with Crippen LogP contribution in [-0.2, 0) is 9.84 Å². The second kappa shape index (κ2) is 8.91. The van der Waals surface area contributed by atoms with Gasteiger partial charge in [-0.05, 0) is 38.3 Å². The van der Waals surface area contributed by atoms with Gasteiger partial charge < -0.3 is 10.6 Å². The standard InChI is InChI=1S/C17H27N3O2S/c1-2-18-17(20-15-9-6-7-10-15)19-13-8-14-23(21,22)16-11-4-3-5-12-16/h3-5,11-12,15H,2,6-10,13-14H2,1H3,(H2,18,19,20). The van der Waals surface area contributed by atoms with Crippen LogP contribution >= 0.6 is 0 Å².